The van der Waals surface area contributed by atoms with E-state index >= 15 is 0 Å². The van der Waals surface area contributed by atoms with Crippen molar-refractivity contribution < 1.29 is 4.42 Å². The van der Waals surface area contributed by atoms with E-state index in [1.807, 2.05) is 12.1 Å². The fourth-order valence-corrected chi connectivity index (χ4v) is 4.64. The second-order valence-electron chi connectivity index (χ2n) is 7.64. The van der Waals surface area contributed by atoms with Crippen molar-refractivity contribution in [3.05, 3.63) is 77.9 Å². The molecule has 2 heterocycles. The van der Waals surface area contributed by atoms with Gasteiger partial charge in [0, 0.05) is 21.8 Å². The predicted octanol–water partition coefficient (Wildman–Crippen LogP) is 6.44. The first-order chi connectivity index (χ1) is 12.7. The highest BCUT2D eigenvalue weighted by molar-refractivity contribution is 6.21. The molecule has 0 amide bonds. The van der Waals surface area contributed by atoms with Gasteiger partial charge in [-0.15, -0.1) is 0 Å². The quantitative estimate of drug-likeness (QED) is 0.325. The van der Waals surface area contributed by atoms with Crippen LogP contribution in [0.15, 0.2) is 71.1 Å². The lowest BCUT2D eigenvalue weighted by Gasteiger charge is -2.34. The van der Waals surface area contributed by atoms with Gasteiger partial charge in [0.15, 0.2) is 0 Å². The Morgan fingerprint density at radius 1 is 0.731 bits per heavy atom. The van der Waals surface area contributed by atoms with Crippen molar-refractivity contribution >= 4 is 32.8 Å². The number of pyridine rings is 1. The van der Waals surface area contributed by atoms with Gasteiger partial charge >= 0.3 is 0 Å². The molecular formula is C24H17NO. The molecule has 26 heavy (non-hydrogen) atoms. The topological polar surface area (TPSA) is 26.0 Å². The minimum absolute atomic E-state index is 0.0575. The molecule has 0 fully saturated rings. The highest BCUT2D eigenvalue weighted by Gasteiger charge is 2.34. The first-order valence-corrected chi connectivity index (χ1v) is 9.00. The summed E-state index contributed by atoms with van der Waals surface area (Å²) >= 11 is 0. The molecule has 2 nitrogen and oxygen atoms in total. The Balaban J connectivity index is 1.93. The number of furan rings is 1. The van der Waals surface area contributed by atoms with E-state index in [9.17, 15) is 0 Å². The first-order valence-electron chi connectivity index (χ1n) is 9.00. The highest BCUT2D eigenvalue weighted by Crippen LogP contribution is 2.49. The summed E-state index contributed by atoms with van der Waals surface area (Å²) in [6, 6.07) is 23.5. The number of fused-ring (bicyclic) bond motifs is 6. The lowest BCUT2D eigenvalue weighted by Crippen LogP contribution is -2.24. The summed E-state index contributed by atoms with van der Waals surface area (Å²) in [6.45, 7) is 4.61. The average molecular weight is 335 g/mol. The van der Waals surface area contributed by atoms with Crippen molar-refractivity contribution in [1.29, 1.82) is 0 Å². The standard InChI is InChI=1S/C24H17NO/c1-24(2)17-11-5-3-8-14(17)22-21-16(10-7-12-18(21)24)20-15-9-4-6-13-19(15)26-23(20)25-22/h3-13H,1-2H3. The summed E-state index contributed by atoms with van der Waals surface area (Å²) < 4.78 is 6.12. The molecule has 6 rings (SSSR count). The molecule has 2 heteroatoms. The monoisotopic (exact) mass is 335 g/mol. The van der Waals surface area contributed by atoms with Gasteiger partial charge in [-0.05, 0) is 22.6 Å². The number of hydrogen-bond donors (Lipinski definition) is 0. The predicted molar refractivity (Wildman–Crippen MR) is 107 cm³/mol. The molecule has 0 radical (unpaired) electrons. The number of hydrogen-bond acceptors (Lipinski definition) is 2. The second kappa shape index (κ2) is 4.53. The molecule has 0 atom stereocenters. The zero-order valence-corrected chi connectivity index (χ0v) is 14.7. The minimum Gasteiger partial charge on any atom is -0.438 e. The van der Waals surface area contributed by atoms with Gasteiger partial charge in [-0.3, -0.25) is 0 Å². The molecule has 0 unspecified atom stereocenters. The molecule has 0 aliphatic heterocycles. The molecule has 2 aromatic heterocycles. The number of nitrogens with zero attached hydrogens (tertiary/aromatic N) is 1. The van der Waals surface area contributed by atoms with Crippen molar-refractivity contribution in [3.63, 3.8) is 0 Å². The van der Waals surface area contributed by atoms with Gasteiger partial charge in [-0.25, -0.2) is 4.98 Å². The largest absolute Gasteiger partial charge is 0.438 e. The number of rotatable bonds is 0. The van der Waals surface area contributed by atoms with Crippen LogP contribution in [0.3, 0.4) is 0 Å². The van der Waals surface area contributed by atoms with Crippen LogP contribution < -0.4 is 0 Å². The summed E-state index contributed by atoms with van der Waals surface area (Å²) in [4.78, 5) is 5.01. The number of benzene rings is 3. The van der Waals surface area contributed by atoms with Crippen LogP contribution in [0.25, 0.3) is 44.1 Å². The molecule has 124 valence electrons. The third kappa shape index (κ3) is 1.55. The van der Waals surface area contributed by atoms with E-state index in [4.69, 9.17) is 9.40 Å². The van der Waals surface area contributed by atoms with E-state index in [0.717, 1.165) is 27.8 Å². The number of aromatic nitrogens is 1. The van der Waals surface area contributed by atoms with Gasteiger partial charge in [0.2, 0.25) is 5.71 Å². The summed E-state index contributed by atoms with van der Waals surface area (Å²) in [5.74, 6) is 0. The van der Waals surface area contributed by atoms with E-state index in [-0.39, 0.29) is 5.41 Å². The maximum absolute atomic E-state index is 6.12. The van der Waals surface area contributed by atoms with Gasteiger partial charge < -0.3 is 4.42 Å². The van der Waals surface area contributed by atoms with Crippen LogP contribution in [-0.2, 0) is 5.41 Å². The third-order valence-electron chi connectivity index (χ3n) is 5.89. The highest BCUT2D eigenvalue weighted by atomic mass is 16.3. The third-order valence-corrected chi connectivity index (χ3v) is 5.89. The van der Waals surface area contributed by atoms with E-state index in [1.54, 1.807) is 0 Å². The second-order valence-corrected chi connectivity index (χ2v) is 7.64. The van der Waals surface area contributed by atoms with E-state index in [2.05, 4.69) is 68.4 Å². The molecule has 0 saturated heterocycles. The van der Waals surface area contributed by atoms with Crippen LogP contribution in [0.2, 0.25) is 0 Å². The van der Waals surface area contributed by atoms with Crippen LogP contribution in [0.4, 0.5) is 0 Å². The van der Waals surface area contributed by atoms with Crippen LogP contribution >= 0.6 is 0 Å². The van der Waals surface area contributed by atoms with Crippen LogP contribution in [0, 0.1) is 0 Å². The first kappa shape index (κ1) is 14.1. The summed E-state index contributed by atoms with van der Waals surface area (Å²) in [7, 11) is 0. The Morgan fingerprint density at radius 2 is 1.46 bits per heavy atom. The minimum atomic E-state index is -0.0575. The van der Waals surface area contributed by atoms with Crippen LogP contribution in [-0.4, -0.2) is 4.98 Å². The maximum atomic E-state index is 6.12. The summed E-state index contributed by atoms with van der Waals surface area (Å²) in [5, 5.41) is 4.75. The smallest absolute Gasteiger partial charge is 0.228 e. The Kier molecular flexibility index (Phi) is 2.45. The maximum Gasteiger partial charge on any atom is 0.228 e. The van der Waals surface area contributed by atoms with E-state index in [0.29, 0.717) is 0 Å². The van der Waals surface area contributed by atoms with Crippen molar-refractivity contribution in [3.8, 4) is 11.3 Å². The molecule has 0 bridgehead atoms. The van der Waals surface area contributed by atoms with E-state index in [1.165, 1.54) is 27.5 Å². The molecule has 0 N–H and O–H groups in total. The van der Waals surface area contributed by atoms with E-state index < -0.39 is 0 Å². The molecule has 1 aliphatic rings. The molecule has 3 aromatic carbocycles. The Labute approximate surface area is 151 Å². The normalized spacial score (nSPS) is 14.8. The molecule has 0 saturated carbocycles. The van der Waals surface area contributed by atoms with Crippen molar-refractivity contribution in [2.45, 2.75) is 19.3 Å². The van der Waals surface area contributed by atoms with Gasteiger partial charge in [0.1, 0.15) is 5.58 Å². The van der Waals surface area contributed by atoms with Gasteiger partial charge in [0.25, 0.3) is 0 Å². The Hall–Kier alpha value is -3.13. The van der Waals surface area contributed by atoms with Gasteiger partial charge in [0.05, 0.1) is 11.1 Å². The lowest BCUT2D eigenvalue weighted by atomic mass is 9.69. The Bertz CT molecular complexity index is 1360. The van der Waals surface area contributed by atoms with Gasteiger partial charge in [-0.1, -0.05) is 74.5 Å². The molecule has 0 spiro atoms. The van der Waals surface area contributed by atoms with Crippen LogP contribution in [0.5, 0.6) is 0 Å². The fourth-order valence-electron chi connectivity index (χ4n) is 4.64. The van der Waals surface area contributed by atoms with Crippen LogP contribution in [0.1, 0.15) is 25.0 Å². The van der Waals surface area contributed by atoms with Crippen molar-refractivity contribution in [2.24, 2.45) is 0 Å². The van der Waals surface area contributed by atoms with Gasteiger partial charge in [-0.2, -0.15) is 0 Å². The SMILES string of the molecule is CC1(C)c2ccccc2-c2nc3oc4ccccc4c3c3cccc1c23. The molecule has 5 aromatic rings. The Morgan fingerprint density at radius 3 is 2.38 bits per heavy atom. The van der Waals surface area contributed by atoms with Crippen molar-refractivity contribution in [2.75, 3.05) is 0 Å². The zero-order chi connectivity index (χ0) is 17.5. The molecule has 1 aliphatic carbocycles. The summed E-state index contributed by atoms with van der Waals surface area (Å²) in [5.41, 5.74) is 6.47. The summed E-state index contributed by atoms with van der Waals surface area (Å²) in [6.07, 6.45) is 0. The average Bonchev–Trinajstić information content (AvgIpc) is 3.04. The van der Waals surface area contributed by atoms with Crippen molar-refractivity contribution in [1.82, 2.24) is 4.98 Å². The fraction of sp³-hybridized carbons (Fsp3) is 0.125. The molecular weight excluding hydrogens is 318 g/mol. The lowest BCUT2D eigenvalue weighted by molar-refractivity contribution is 0.640. The zero-order valence-electron chi connectivity index (χ0n) is 14.7. The number of para-hydroxylation sites is 1.